The predicted octanol–water partition coefficient (Wildman–Crippen LogP) is 3.17. The number of hydrogen-bond donors (Lipinski definition) is 0. The van der Waals surface area contributed by atoms with Crippen LogP contribution in [-0.4, -0.2) is 31.9 Å². The van der Waals surface area contributed by atoms with Crippen molar-refractivity contribution in [2.24, 2.45) is 5.10 Å². The molecule has 0 bridgehead atoms. The fourth-order valence-electron chi connectivity index (χ4n) is 2.36. The summed E-state index contributed by atoms with van der Waals surface area (Å²) in [6, 6.07) is 8.37. The van der Waals surface area contributed by atoms with Crippen molar-refractivity contribution in [3.05, 3.63) is 41.9 Å². The van der Waals surface area contributed by atoms with E-state index in [4.69, 9.17) is 0 Å². The van der Waals surface area contributed by atoms with Crippen molar-refractivity contribution in [3.8, 4) is 0 Å². The third-order valence-corrected chi connectivity index (χ3v) is 4.04. The average molecular weight is 299 g/mol. The molecule has 5 nitrogen and oxygen atoms in total. The van der Waals surface area contributed by atoms with Crippen LogP contribution in [0.25, 0.3) is 10.9 Å². The highest BCUT2D eigenvalue weighted by Gasteiger charge is 2.08. The van der Waals surface area contributed by atoms with E-state index in [1.54, 1.807) is 4.68 Å². The summed E-state index contributed by atoms with van der Waals surface area (Å²) >= 11 is 1.54. The maximum Gasteiger partial charge on any atom is 0.211 e. The normalized spacial score (nSPS) is 11.8. The Morgan fingerprint density at radius 2 is 2.10 bits per heavy atom. The van der Waals surface area contributed by atoms with Gasteiger partial charge >= 0.3 is 0 Å². The Balaban J connectivity index is 2.05. The lowest BCUT2D eigenvalue weighted by Gasteiger charge is -1.98. The molecule has 0 saturated carbocycles. The lowest BCUT2D eigenvalue weighted by atomic mass is 10.2. The lowest BCUT2D eigenvalue weighted by Crippen LogP contribution is -1.95. The van der Waals surface area contributed by atoms with E-state index < -0.39 is 0 Å². The molecule has 0 aliphatic heterocycles. The van der Waals surface area contributed by atoms with Crippen LogP contribution < -0.4 is 0 Å². The molecule has 21 heavy (non-hydrogen) atoms. The molecule has 0 saturated heterocycles. The van der Waals surface area contributed by atoms with Crippen LogP contribution in [0.1, 0.15) is 18.3 Å². The zero-order chi connectivity index (χ0) is 14.8. The van der Waals surface area contributed by atoms with E-state index in [2.05, 4.69) is 57.3 Å². The van der Waals surface area contributed by atoms with E-state index in [1.807, 2.05) is 19.4 Å². The standard InChI is InChI=1S/C15H17N5S/c1-4-19-10-12(13-7-5-6-8-14(13)19)9-16-20-11(2)17-18-15(20)21-3/h5-10H,4H2,1-3H3/b16-9-. The van der Waals surface area contributed by atoms with Gasteiger partial charge in [-0.05, 0) is 26.2 Å². The van der Waals surface area contributed by atoms with Crippen molar-refractivity contribution in [1.82, 2.24) is 19.4 Å². The molecule has 1 aromatic carbocycles. The van der Waals surface area contributed by atoms with Crippen LogP contribution in [-0.2, 0) is 6.54 Å². The minimum absolute atomic E-state index is 0.787. The molecule has 0 radical (unpaired) electrons. The first-order valence-corrected chi connectivity index (χ1v) is 8.05. The Morgan fingerprint density at radius 1 is 1.29 bits per heavy atom. The molecule has 0 N–H and O–H groups in total. The van der Waals surface area contributed by atoms with Crippen LogP contribution in [0, 0.1) is 6.92 Å². The molecular weight excluding hydrogens is 282 g/mol. The van der Waals surface area contributed by atoms with E-state index in [1.165, 1.54) is 22.7 Å². The third kappa shape index (κ3) is 2.47. The summed E-state index contributed by atoms with van der Waals surface area (Å²) in [5.41, 5.74) is 2.33. The van der Waals surface area contributed by atoms with Crippen LogP contribution in [0.15, 0.2) is 40.7 Å². The van der Waals surface area contributed by atoms with Gasteiger partial charge in [-0.15, -0.1) is 10.2 Å². The summed E-state index contributed by atoms with van der Waals surface area (Å²) in [7, 11) is 0. The molecule has 108 valence electrons. The highest BCUT2D eigenvalue weighted by Crippen LogP contribution is 2.20. The van der Waals surface area contributed by atoms with Gasteiger partial charge < -0.3 is 4.57 Å². The minimum atomic E-state index is 0.787. The third-order valence-electron chi connectivity index (χ3n) is 3.42. The number of hydrogen-bond acceptors (Lipinski definition) is 4. The first-order chi connectivity index (χ1) is 10.2. The number of aromatic nitrogens is 4. The van der Waals surface area contributed by atoms with Gasteiger partial charge in [0.15, 0.2) is 5.82 Å². The maximum absolute atomic E-state index is 4.54. The van der Waals surface area contributed by atoms with Crippen molar-refractivity contribution in [2.45, 2.75) is 25.5 Å². The quantitative estimate of drug-likeness (QED) is 0.549. The minimum Gasteiger partial charge on any atom is -0.347 e. The van der Waals surface area contributed by atoms with Gasteiger partial charge in [0.2, 0.25) is 5.16 Å². The molecule has 0 atom stereocenters. The van der Waals surface area contributed by atoms with Crippen molar-refractivity contribution >= 4 is 28.9 Å². The Labute approximate surface area is 127 Å². The van der Waals surface area contributed by atoms with Crippen LogP contribution in [0.4, 0.5) is 0 Å². The molecule has 6 heteroatoms. The number of benzene rings is 1. The second-order valence-electron chi connectivity index (χ2n) is 4.68. The number of nitrogens with zero attached hydrogens (tertiary/aromatic N) is 5. The van der Waals surface area contributed by atoms with Gasteiger partial charge in [-0.1, -0.05) is 30.0 Å². The Hall–Kier alpha value is -2.08. The average Bonchev–Trinajstić information content (AvgIpc) is 3.05. The molecule has 0 spiro atoms. The van der Waals surface area contributed by atoms with Crippen molar-refractivity contribution in [1.29, 1.82) is 0 Å². The molecule has 0 amide bonds. The van der Waals surface area contributed by atoms with Crippen LogP contribution >= 0.6 is 11.8 Å². The van der Waals surface area contributed by atoms with Crippen molar-refractivity contribution in [3.63, 3.8) is 0 Å². The number of fused-ring (bicyclic) bond motifs is 1. The van der Waals surface area contributed by atoms with Crippen LogP contribution in [0.3, 0.4) is 0 Å². The highest BCUT2D eigenvalue weighted by molar-refractivity contribution is 7.98. The van der Waals surface area contributed by atoms with Gasteiger partial charge in [-0.25, -0.2) is 0 Å². The summed E-state index contributed by atoms with van der Waals surface area (Å²) in [6.45, 7) is 4.98. The summed E-state index contributed by atoms with van der Waals surface area (Å²) < 4.78 is 3.99. The molecule has 3 rings (SSSR count). The summed E-state index contributed by atoms with van der Waals surface area (Å²) in [4.78, 5) is 0. The molecule has 0 fully saturated rings. The van der Waals surface area contributed by atoms with Crippen LogP contribution in [0.5, 0.6) is 0 Å². The van der Waals surface area contributed by atoms with Crippen LogP contribution in [0.2, 0.25) is 0 Å². The molecule has 2 aromatic heterocycles. The highest BCUT2D eigenvalue weighted by atomic mass is 32.2. The lowest BCUT2D eigenvalue weighted by molar-refractivity contribution is 0.745. The largest absolute Gasteiger partial charge is 0.347 e. The molecule has 2 heterocycles. The Morgan fingerprint density at radius 3 is 2.86 bits per heavy atom. The zero-order valence-corrected chi connectivity index (χ0v) is 13.1. The van der Waals surface area contributed by atoms with Gasteiger partial charge in [0.1, 0.15) is 0 Å². The van der Waals surface area contributed by atoms with Gasteiger partial charge in [0.25, 0.3) is 0 Å². The van der Waals surface area contributed by atoms with E-state index >= 15 is 0 Å². The summed E-state index contributed by atoms with van der Waals surface area (Å²) in [5.74, 6) is 0.787. The number of rotatable bonds is 4. The van der Waals surface area contributed by atoms with Crippen molar-refractivity contribution < 1.29 is 0 Å². The van der Waals surface area contributed by atoms with E-state index in [0.717, 1.165) is 23.1 Å². The Kier molecular flexibility index (Phi) is 3.79. The van der Waals surface area contributed by atoms with E-state index in [9.17, 15) is 0 Å². The smallest absolute Gasteiger partial charge is 0.211 e. The zero-order valence-electron chi connectivity index (χ0n) is 12.3. The fourth-order valence-corrected chi connectivity index (χ4v) is 2.83. The fraction of sp³-hybridized carbons (Fsp3) is 0.267. The summed E-state index contributed by atoms with van der Waals surface area (Å²) in [5, 5.41) is 14.7. The molecular formula is C15H17N5S. The van der Waals surface area contributed by atoms with Gasteiger partial charge in [0, 0.05) is 29.2 Å². The second kappa shape index (κ2) is 5.73. The maximum atomic E-state index is 4.54. The number of thioether (sulfide) groups is 1. The topological polar surface area (TPSA) is 48.0 Å². The van der Waals surface area contributed by atoms with E-state index in [0.29, 0.717) is 0 Å². The monoisotopic (exact) mass is 299 g/mol. The number of aryl methyl sites for hydroxylation is 2. The molecule has 0 aliphatic rings. The van der Waals surface area contributed by atoms with Gasteiger partial charge in [-0.3, -0.25) is 0 Å². The molecule has 0 unspecified atom stereocenters. The van der Waals surface area contributed by atoms with Gasteiger partial charge in [-0.2, -0.15) is 9.78 Å². The van der Waals surface area contributed by atoms with E-state index in [-0.39, 0.29) is 0 Å². The second-order valence-corrected chi connectivity index (χ2v) is 5.45. The Bertz CT molecular complexity index is 800. The summed E-state index contributed by atoms with van der Waals surface area (Å²) in [6.07, 6.45) is 5.98. The SMILES string of the molecule is CCn1cc(/C=N\n2c(C)nnc2SC)c2ccccc21. The molecule has 0 aliphatic carbocycles. The number of para-hydroxylation sites is 1. The van der Waals surface area contributed by atoms with Crippen molar-refractivity contribution in [2.75, 3.05) is 6.26 Å². The molecule has 3 aromatic rings. The predicted molar refractivity (Wildman–Crippen MR) is 87.1 cm³/mol. The first kappa shape index (κ1) is 13.9. The first-order valence-electron chi connectivity index (χ1n) is 6.82. The van der Waals surface area contributed by atoms with Gasteiger partial charge in [0.05, 0.1) is 6.21 Å².